The zero-order chi connectivity index (χ0) is 18.0. The van der Waals surface area contributed by atoms with Gasteiger partial charge in [-0.05, 0) is 62.1 Å². The van der Waals surface area contributed by atoms with Gasteiger partial charge in [-0.3, -0.25) is 4.79 Å². The van der Waals surface area contributed by atoms with Crippen molar-refractivity contribution in [1.82, 2.24) is 5.32 Å². The molecule has 2 aromatic carbocycles. The van der Waals surface area contributed by atoms with E-state index in [0.29, 0.717) is 24.3 Å². The first-order valence-corrected chi connectivity index (χ1v) is 8.47. The van der Waals surface area contributed by atoms with E-state index in [-0.39, 0.29) is 24.0 Å². The smallest absolute Gasteiger partial charge is 0.262 e. The van der Waals surface area contributed by atoms with E-state index in [1.54, 1.807) is 6.07 Å². The van der Waals surface area contributed by atoms with Crippen molar-refractivity contribution in [1.29, 1.82) is 0 Å². The van der Waals surface area contributed by atoms with Gasteiger partial charge in [-0.25, -0.2) is 4.39 Å². The zero-order valence-electron chi connectivity index (χ0n) is 14.8. The maximum absolute atomic E-state index is 14.6. The summed E-state index contributed by atoms with van der Waals surface area (Å²) in [6.45, 7) is 7.18. The number of fused-ring (bicyclic) bond motifs is 1. The third kappa shape index (κ3) is 3.82. The molecular weight excluding hydrogens is 319 g/mol. The molecule has 2 aromatic rings. The van der Waals surface area contributed by atoms with Gasteiger partial charge in [-0.2, -0.15) is 0 Å². The van der Waals surface area contributed by atoms with Crippen LogP contribution in [0.25, 0.3) is 0 Å². The molecule has 25 heavy (non-hydrogen) atoms. The number of hydrogen-bond acceptors (Lipinski definition) is 3. The van der Waals surface area contributed by atoms with Crippen molar-refractivity contribution < 1.29 is 13.9 Å². The molecule has 0 aromatic heterocycles. The van der Waals surface area contributed by atoms with E-state index in [2.05, 4.69) is 10.6 Å². The molecule has 0 radical (unpaired) electrons. The number of ether oxygens (including phenoxy) is 1. The maximum atomic E-state index is 14.6. The highest BCUT2D eigenvalue weighted by Crippen LogP contribution is 2.26. The predicted molar refractivity (Wildman–Crippen MR) is 96.6 cm³/mol. The van der Waals surface area contributed by atoms with E-state index in [9.17, 15) is 9.18 Å². The van der Waals surface area contributed by atoms with Crippen molar-refractivity contribution in [3.63, 3.8) is 0 Å². The largest absolute Gasteiger partial charge is 0.483 e. The molecule has 0 saturated carbocycles. The zero-order valence-corrected chi connectivity index (χ0v) is 14.8. The molecule has 1 aliphatic heterocycles. The number of carbonyl (C=O) groups is 1. The second-order valence-electron chi connectivity index (χ2n) is 6.56. The minimum absolute atomic E-state index is 0.150. The Kier molecular flexibility index (Phi) is 5.04. The Labute approximate surface area is 147 Å². The fourth-order valence-corrected chi connectivity index (χ4v) is 3.35. The lowest BCUT2D eigenvalue weighted by Gasteiger charge is -2.19. The number of anilines is 1. The summed E-state index contributed by atoms with van der Waals surface area (Å²) in [6, 6.07) is 7.49. The Morgan fingerprint density at radius 3 is 2.68 bits per heavy atom. The molecular formula is C20H23FN2O2. The van der Waals surface area contributed by atoms with Gasteiger partial charge in [0.05, 0.1) is 5.69 Å². The third-order valence-electron chi connectivity index (χ3n) is 4.43. The molecule has 3 rings (SSSR count). The van der Waals surface area contributed by atoms with Crippen molar-refractivity contribution in [2.75, 3.05) is 18.5 Å². The van der Waals surface area contributed by atoms with E-state index in [0.717, 1.165) is 28.8 Å². The number of rotatable bonds is 4. The topological polar surface area (TPSA) is 50.4 Å². The summed E-state index contributed by atoms with van der Waals surface area (Å²) in [6.07, 6.45) is 0.628. The maximum Gasteiger partial charge on any atom is 0.262 e. The molecule has 0 spiro atoms. The molecule has 0 fully saturated rings. The number of aryl methyl sites for hydroxylation is 3. The standard InChI is InChI=1S/C20H23FN2O2/c1-12-8-13(2)20(14(3)9-12)25-11-18(24)23-17-5-4-15-10-22-7-6-16(15)19(17)21/h4-5,8-9,22H,6-7,10-11H2,1-3H3,(H,23,24). The minimum atomic E-state index is -0.368. The van der Waals surface area contributed by atoms with E-state index in [1.807, 2.05) is 39.0 Å². The second-order valence-corrected chi connectivity index (χ2v) is 6.56. The van der Waals surface area contributed by atoms with Crippen LogP contribution in [0.2, 0.25) is 0 Å². The van der Waals surface area contributed by atoms with E-state index in [4.69, 9.17) is 4.74 Å². The van der Waals surface area contributed by atoms with E-state index in [1.165, 1.54) is 0 Å². The number of benzene rings is 2. The fraction of sp³-hybridized carbons (Fsp3) is 0.350. The van der Waals surface area contributed by atoms with Gasteiger partial charge in [0, 0.05) is 6.54 Å². The molecule has 132 valence electrons. The molecule has 0 bridgehead atoms. The average Bonchev–Trinajstić information content (AvgIpc) is 2.56. The van der Waals surface area contributed by atoms with Gasteiger partial charge in [-0.1, -0.05) is 23.8 Å². The number of carbonyl (C=O) groups excluding carboxylic acids is 1. The van der Waals surface area contributed by atoms with E-state index >= 15 is 0 Å². The van der Waals surface area contributed by atoms with Crippen LogP contribution in [-0.4, -0.2) is 19.1 Å². The predicted octanol–water partition coefficient (Wildman–Crippen LogP) is 3.41. The van der Waals surface area contributed by atoms with Crippen molar-refractivity contribution in [3.8, 4) is 5.75 Å². The highest BCUT2D eigenvalue weighted by atomic mass is 19.1. The van der Waals surface area contributed by atoms with E-state index < -0.39 is 0 Å². The molecule has 1 heterocycles. The summed E-state index contributed by atoms with van der Waals surface area (Å²) in [5.74, 6) is -0.0000521. The molecule has 0 aliphatic carbocycles. The Morgan fingerprint density at radius 2 is 1.96 bits per heavy atom. The minimum Gasteiger partial charge on any atom is -0.483 e. The van der Waals surface area contributed by atoms with Crippen LogP contribution in [0.1, 0.15) is 27.8 Å². The molecule has 1 amide bonds. The Morgan fingerprint density at radius 1 is 1.24 bits per heavy atom. The van der Waals surface area contributed by atoms with Crippen molar-refractivity contribution >= 4 is 11.6 Å². The fourth-order valence-electron chi connectivity index (χ4n) is 3.35. The summed E-state index contributed by atoms with van der Waals surface area (Å²) in [4.78, 5) is 12.2. The molecule has 0 atom stereocenters. The monoisotopic (exact) mass is 342 g/mol. The first-order chi connectivity index (χ1) is 12.0. The third-order valence-corrected chi connectivity index (χ3v) is 4.43. The van der Waals surface area contributed by atoms with Crippen LogP contribution in [0.3, 0.4) is 0 Å². The van der Waals surface area contributed by atoms with Gasteiger partial charge in [0.2, 0.25) is 0 Å². The summed E-state index contributed by atoms with van der Waals surface area (Å²) in [5, 5.41) is 5.83. The van der Waals surface area contributed by atoms with Gasteiger partial charge in [0.1, 0.15) is 11.6 Å². The summed E-state index contributed by atoms with van der Waals surface area (Å²) < 4.78 is 20.2. The first kappa shape index (κ1) is 17.4. The van der Waals surface area contributed by atoms with Crippen LogP contribution in [0, 0.1) is 26.6 Å². The van der Waals surface area contributed by atoms with Crippen LogP contribution >= 0.6 is 0 Å². The second kappa shape index (κ2) is 7.23. The lowest BCUT2D eigenvalue weighted by atomic mass is 9.99. The molecule has 4 nitrogen and oxygen atoms in total. The number of hydrogen-bond donors (Lipinski definition) is 2. The Hall–Kier alpha value is -2.40. The molecule has 1 aliphatic rings. The Balaban J connectivity index is 1.68. The summed E-state index contributed by atoms with van der Waals surface area (Å²) in [7, 11) is 0. The molecule has 5 heteroatoms. The van der Waals surface area contributed by atoms with Crippen molar-refractivity contribution in [2.45, 2.75) is 33.7 Å². The van der Waals surface area contributed by atoms with Crippen LogP contribution in [-0.2, 0) is 17.8 Å². The van der Waals surface area contributed by atoms with Crippen molar-refractivity contribution in [3.05, 3.63) is 57.9 Å². The van der Waals surface area contributed by atoms with Gasteiger partial charge in [-0.15, -0.1) is 0 Å². The molecule has 0 unspecified atom stereocenters. The van der Waals surface area contributed by atoms with Crippen LogP contribution < -0.4 is 15.4 Å². The number of nitrogens with one attached hydrogen (secondary N) is 2. The number of halogens is 1. The first-order valence-electron chi connectivity index (χ1n) is 8.47. The average molecular weight is 342 g/mol. The van der Waals surface area contributed by atoms with Crippen LogP contribution in [0.4, 0.5) is 10.1 Å². The quantitative estimate of drug-likeness (QED) is 0.895. The van der Waals surface area contributed by atoms with Gasteiger partial charge < -0.3 is 15.4 Å². The molecule has 0 saturated heterocycles. The lowest BCUT2D eigenvalue weighted by molar-refractivity contribution is -0.118. The summed E-state index contributed by atoms with van der Waals surface area (Å²) >= 11 is 0. The van der Waals surface area contributed by atoms with Gasteiger partial charge in [0.15, 0.2) is 6.61 Å². The highest BCUT2D eigenvalue weighted by molar-refractivity contribution is 5.92. The van der Waals surface area contributed by atoms with Gasteiger partial charge >= 0.3 is 0 Å². The van der Waals surface area contributed by atoms with Crippen LogP contribution in [0.5, 0.6) is 5.75 Å². The SMILES string of the molecule is Cc1cc(C)c(OCC(=O)Nc2ccc3c(c2F)CCNC3)c(C)c1. The van der Waals surface area contributed by atoms with Crippen molar-refractivity contribution in [2.24, 2.45) is 0 Å². The Bertz CT molecular complexity index is 795. The van der Waals surface area contributed by atoms with Crippen LogP contribution in [0.15, 0.2) is 24.3 Å². The number of amides is 1. The lowest BCUT2D eigenvalue weighted by Crippen LogP contribution is -2.26. The summed E-state index contributed by atoms with van der Waals surface area (Å²) in [5.41, 5.74) is 4.96. The van der Waals surface area contributed by atoms with Gasteiger partial charge in [0.25, 0.3) is 5.91 Å². The highest BCUT2D eigenvalue weighted by Gasteiger charge is 2.18. The molecule has 2 N–H and O–H groups in total. The normalized spacial score (nSPS) is 13.3.